The van der Waals surface area contributed by atoms with E-state index in [1.807, 2.05) is 13.8 Å². The van der Waals surface area contributed by atoms with Crippen molar-refractivity contribution in [3.8, 4) is 5.75 Å². The second kappa shape index (κ2) is 6.88. The van der Waals surface area contributed by atoms with Crippen LogP contribution in [0.3, 0.4) is 0 Å². The van der Waals surface area contributed by atoms with Crippen molar-refractivity contribution >= 4 is 5.91 Å². The maximum atomic E-state index is 12.9. The minimum Gasteiger partial charge on any atom is -0.494 e. The summed E-state index contributed by atoms with van der Waals surface area (Å²) in [6.45, 7) is 4.36. The summed E-state index contributed by atoms with van der Waals surface area (Å²) < 4.78 is 18.2. The van der Waals surface area contributed by atoms with E-state index in [0.29, 0.717) is 12.2 Å². The summed E-state index contributed by atoms with van der Waals surface area (Å²) in [6.07, 6.45) is 0. The van der Waals surface area contributed by atoms with Gasteiger partial charge in [0, 0.05) is 5.56 Å². The topological polar surface area (TPSA) is 38.3 Å². The Morgan fingerprint density at radius 3 is 2.33 bits per heavy atom. The number of rotatable bonds is 5. The standard InChI is InChI=1S/C17H18FNO2/c1-3-21-16-10-6-14(7-11-16)17(20)19-12(2)13-4-8-15(18)9-5-13/h4-12H,3H2,1-2H3,(H,19,20)/t12-/m0/s1. The van der Waals surface area contributed by atoms with Gasteiger partial charge in [0.25, 0.3) is 5.91 Å². The SMILES string of the molecule is CCOc1ccc(C(=O)N[C@@H](C)c2ccc(F)cc2)cc1. The first-order valence-electron chi connectivity index (χ1n) is 6.89. The van der Waals surface area contributed by atoms with Gasteiger partial charge in [0.2, 0.25) is 0 Å². The first kappa shape index (κ1) is 15.0. The van der Waals surface area contributed by atoms with Crippen LogP contribution in [0.15, 0.2) is 48.5 Å². The molecule has 2 aromatic rings. The molecule has 0 heterocycles. The summed E-state index contributed by atoms with van der Waals surface area (Å²) in [6, 6.07) is 12.9. The average molecular weight is 287 g/mol. The van der Waals surface area contributed by atoms with Gasteiger partial charge in [0.1, 0.15) is 11.6 Å². The van der Waals surface area contributed by atoms with Gasteiger partial charge in [-0.3, -0.25) is 4.79 Å². The number of hydrogen-bond acceptors (Lipinski definition) is 2. The summed E-state index contributed by atoms with van der Waals surface area (Å²) in [4.78, 5) is 12.1. The molecule has 0 aliphatic carbocycles. The van der Waals surface area contributed by atoms with Crippen molar-refractivity contribution in [1.82, 2.24) is 5.32 Å². The molecule has 21 heavy (non-hydrogen) atoms. The highest BCUT2D eigenvalue weighted by Gasteiger charge is 2.11. The largest absolute Gasteiger partial charge is 0.494 e. The summed E-state index contributed by atoms with van der Waals surface area (Å²) >= 11 is 0. The van der Waals surface area contributed by atoms with Crippen LogP contribution in [0.4, 0.5) is 4.39 Å². The van der Waals surface area contributed by atoms with Crippen LogP contribution in [0.2, 0.25) is 0 Å². The highest BCUT2D eigenvalue weighted by Crippen LogP contribution is 2.15. The van der Waals surface area contributed by atoms with E-state index in [0.717, 1.165) is 11.3 Å². The molecule has 110 valence electrons. The van der Waals surface area contributed by atoms with Gasteiger partial charge in [-0.25, -0.2) is 4.39 Å². The fourth-order valence-electron chi connectivity index (χ4n) is 1.98. The number of hydrogen-bond donors (Lipinski definition) is 1. The van der Waals surface area contributed by atoms with Crippen LogP contribution in [0.1, 0.15) is 35.8 Å². The number of carbonyl (C=O) groups is 1. The molecule has 4 heteroatoms. The predicted octanol–water partition coefficient (Wildman–Crippen LogP) is 3.72. The Morgan fingerprint density at radius 1 is 1.14 bits per heavy atom. The van der Waals surface area contributed by atoms with Gasteiger partial charge >= 0.3 is 0 Å². The molecule has 0 spiro atoms. The fourth-order valence-corrected chi connectivity index (χ4v) is 1.98. The van der Waals surface area contributed by atoms with E-state index in [4.69, 9.17) is 4.74 Å². The van der Waals surface area contributed by atoms with Gasteiger partial charge in [-0.05, 0) is 55.8 Å². The normalized spacial score (nSPS) is 11.8. The number of halogens is 1. The highest BCUT2D eigenvalue weighted by atomic mass is 19.1. The quantitative estimate of drug-likeness (QED) is 0.910. The molecule has 0 bridgehead atoms. The zero-order valence-electron chi connectivity index (χ0n) is 12.1. The van der Waals surface area contributed by atoms with E-state index in [2.05, 4.69) is 5.32 Å². The molecule has 1 N–H and O–H groups in total. The van der Waals surface area contributed by atoms with Crippen molar-refractivity contribution in [3.63, 3.8) is 0 Å². The van der Waals surface area contributed by atoms with Crippen LogP contribution in [0.25, 0.3) is 0 Å². The predicted molar refractivity (Wildman–Crippen MR) is 79.9 cm³/mol. The Bertz CT molecular complexity index is 593. The average Bonchev–Trinajstić information content (AvgIpc) is 2.49. The van der Waals surface area contributed by atoms with Crippen LogP contribution in [-0.4, -0.2) is 12.5 Å². The summed E-state index contributed by atoms with van der Waals surface area (Å²) in [5.74, 6) is 0.277. The maximum absolute atomic E-state index is 12.9. The first-order valence-corrected chi connectivity index (χ1v) is 6.89. The number of carbonyl (C=O) groups excluding carboxylic acids is 1. The molecule has 1 amide bonds. The lowest BCUT2D eigenvalue weighted by atomic mass is 10.1. The van der Waals surface area contributed by atoms with Gasteiger partial charge < -0.3 is 10.1 Å². The van der Waals surface area contributed by atoms with Crippen LogP contribution in [-0.2, 0) is 0 Å². The van der Waals surface area contributed by atoms with Crippen LogP contribution in [0.5, 0.6) is 5.75 Å². The van der Waals surface area contributed by atoms with Crippen LogP contribution >= 0.6 is 0 Å². The van der Waals surface area contributed by atoms with E-state index >= 15 is 0 Å². The lowest BCUT2D eigenvalue weighted by Gasteiger charge is -2.14. The summed E-state index contributed by atoms with van der Waals surface area (Å²) in [5.41, 5.74) is 1.42. The lowest BCUT2D eigenvalue weighted by Crippen LogP contribution is -2.26. The molecular formula is C17H18FNO2. The van der Waals surface area contributed by atoms with Crippen molar-refractivity contribution in [2.24, 2.45) is 0 Å². The molecule has 0 unspecified atom stereocenters. The molecule has 3 nitrogen and oxygen atoms in total. The third-order valence-electron chi connectivity index (χ3n) is 3.15. The van der Waals surface area contributed by atoms with E-state index in [-0.39, 0.29) is 17.8 Å². The molecule has 0 aliphatic rings. The minimum atomic E-state index is -0.288. The molecule has 0 aliphatic heterocycles. The molecule has 0 fully saturated rings. The number of benzene rings is 2. The Hall–Kier alpha value is -2.36. The molecule has 0 aromatic heterocycles. The number of nitrogens with one attached hydrogen (secondary N) is 1. The molecule has 2 rings (SSSR count). The van der Waals surface area contributed by atoms with Gasteiger partial charge in [-0.2, -0.15) is 0 Å². The Balaban J connectivity index is 2.01. The molecule has 0 radical (unpaired) electrons. The molecular weight excluding hydrogens is 269 g/mol. The van der Waals surface area contributed by atoms with Crippen molar-refractivity contribution < 1.29 is 13.9 Å². The highest BCUT2D eigenvalue weighted by molar-refractivity contribution is 5.94. The summed E-state index contributed by atoms with van der Waals surface area (Å²) in [5, 5.41) is 2.88. The number of amides is 1. The van der Waals surface area contributed by atoms with E-state index in [1.54, 1.807) is 36.4 Å². The summed E-state index contributed by atoms with van der Waals surface area (Å²) in [7, 11) is 0. The smallest absolute Gasteiger partial charge is 0.251 e. The third-order valence-corrected chi connectivity index (χ3v) is 3.15. The Morgan fingerprint density at radius 2 is 1.76 bits per heavy atom. The third kappa shape index (κ3) is 4.05. The second-order valence-electron chi connectivity index (χ2n) is 4.70. The maximum Gasteiger partial charge on any atom is 0.251 e. The van der Waals surface area contributed by atoms with Crippen molar-refractivity contribution in [1.29, 1.82) is 0 Å². The van der Waals surface area contributed by atoms with Crippen molar-refractivity contribution in [2.45, 2.75) is 19.9 Å². The van der Waals surface area contributed by atoms with Gasteiger partial charge in [0.05, 0.1) is 12.6 Å². The Labute approximate surface area is 123 Å². The molecule has 0 saturated heterocycles. The first-order chi connectivity index (χ1) is 10.1. The second-order valence-corrected chi connectivity index (χ2v) is 4.70. The lowest BCUT2D eigenvalue weighted by molar-refractivity contribution is 0.0940. The molecule has 1 atom stereocenters. The molecule has 2 aromatic carbocycles. The van der Waals surface area contributed by atoms with E-state index in [1.165, 1.54) is 12.1 Å². The van der Waals surface area contributed by atoms with Crippen molar-refractivity contribution in [2.75, 3.05) is 6.61 Å². The zero-order chi connectivity index (χ0) is 15.2. The van der Waals surface area contributed by atoms with Gasteiger partial charge in [-0.15, -0.1) is 0 Å². The Kier molecular flexibility index (Phi) is 4.93. The van der Waals surface area contributed by atoms with Crippen molar-refractivity contribution in [3.05, 3.63) is 65.5 Å². The van der Waals surface area contributed by atoms with Gasteiger partial charge in [-0.1, -0.05) is 12.1 Å². The number of ether oxygens (including phenoxy) is 1. The zero-order valence-corrected chi connectivity index (χ0v) is 12.1. The van der Waals surface area contributed by atoms with Crippen LogP contribution in [0, 0.1) is 5.82 Å². The monoisotopic (exact) mass is 287 g/mol. The van der Waals surface area contributed by atoms with Gasteiger partial charge in [0.15, 0.2) is 0 Å². The van der Waals surface area contributed by atoms with Crippen LogP contribution < -0.4 is 10.1 Å². The van der Waals surface area contributed by atoms with E-state index in [9.17, 15) is 9.18 Å². The fraction of sp³-hybridized carbons (Fsp3) is 0.235. The van der Waals surface area contributed by atoms with E-state index < -0.39 is 0 Å². The minimum absolute atomic E-state index is 0.171. The molecule has 0 saturated carbocycles.